The van der Waals surface area contributed by atoms with E-state index in [2.05, 4.69) is 47.5 Å². The van der Waals surface area contributed by atoms with Crippen LogP contribution in [0, 0.1) is 5.92 Å². The Morgan fingerprint density at radius 3 is 2.68 bits per heavy atom. The summed E-state index contributed by atoms with van der Waals surface area (Å²) in [5.41, 5.74) is 3.57. The Morgan fingerprint density at radius 1 is 1.07 bits per heavy atom. The molecule has 2 atom stereocenters. The van der Waals surface area contributed by atoms with Crippen molar-refractivity contribution in [3.8, 4) is 11.5 Å². The number of ether oxygens (including phenoxy) is 2. The highest BCUT2D eigenvalue weighted by molar-refractivity contribution is 6.01. The van der Waals surface area contributed by atoms with Gasteiger partial charge in [-0.25, -0.2) is 5.01 Å². The summed E-state index contributed by atoms with van der Waals surface area (Å²) in [4.78, 5) is 0. The number of benzene rings is 2. The van der Waals surface area contributed by atoms with Crippen molar-refractivity contribution in [3.63, 3.8) is 0 Å². The first-order valence-electron chi connectivity index (χ1n) is 10.7. The van der Waals surface area contributed by atoms with Gasteiger partial charge < -0.3 is 9.47 Å². The van der Waals surface area contributed by atoms with E-state index in [1.807, 2.05) is 13.0 Å². The van der Waals surface area contributed by atoms with Gasteiger partial charge in [-0.1, -0.05) is 49.6 Å². The monoisotopic (exact) mass is 376 g/mol. The zero-order valence-corrected chi connectivity index (χ0v) is 16.5. The summed E-state index contributed by atoms with van der Waals surface area (Å²) in [5, 5.41) is 7.36. The number of fused-ring (bicyclic) bond motifs is 3. The van der Waals surface area contributed by atoms with E-state index in [1.165, 1.54) is 43.2 Å². The fraction of sp³-hybridized carbons (Fsp3) is 0.458. The Hall–Kier alpha value is -2.49. The molecular formula is C24H28N2O2. The maximum atomic E-state index is 6.57. The smallest absolute Gasteiger partial charge is 0.190 e. The second kappa shape index (κ2) is 7.50. The molecule has 1 saturated carbocycles. The molecule has 4 heteroatoms. The Morgan fingerprint density at radius 2 is 1.89 bits per heavy atom. The molecule has 0 amide bonds. The fourth-order valence-corrected chi connectivity index (χ4v) is 4.89. The molecule has 1 fully saturated rings. The van der Waals surface area contributed by atoms with E-state index in [0.717, 1.165) is 23.6 Å². The van der Waals surface area contributed by atoms with Crippen LogP contribution in [0.2, 0.25) is 0 Å². The molecule has 2 aliphatic heterocycles. The molecule has 0 bridgehead atoms. The fourth-order valence-electron chi connectivity index (χ4n) is 4.89. The highest BCUT2D eigenvalue weighted by Crippen LogP contribution is 2.47. The third kappa shape index (κ3) is 3.15. The molecule has 2 aromatic carbocycles. The van der Waals surface area contributed by atoms with Gasteiger partial charge in [-0.2, -0.15) is 5.10 Å². The number of hydrogen-bond acceptors (Lipinski definition) is 4. The molecule has 0 N–H and O–H groups in total. The Labute approximate surface area is 167 Å². The van der Waals surface area contributed by atoms with Crippen LogP contribution in [0.25, 0.3) is 0 Å². The predicted octanol–water partition coefficient (Wildman–Crippen LogP) is 5.54. The van der Waals surface area contributed by atoms with Crippen LogP contribution in [0.15, 0.2) is 53.6 Å². The number of hydrogen-bond donors (Lipinski definition) is 0. The summed E-state index contributed by atoms with van der Waals surface area (Å²) in [6.07, 6.45) is 7.37. The van der Waals surface area contributed by atoms with Crippen LogP contribution in [0.3, 0.4) is 0 Å². The average Bonchev–Trinajstić information content (AvgIpc) is 3.21. The molecule has 0 radical (unpaired) electrons. The lowest BCUT2D eigenvalue weighted by Crippen LogP contribution is -2.45. The van der Waals surface area contributed by atoms with Gasteiger partial charge in [0.1, 0.15) is 11.5 Å². The van der Waals surface area contributed by atoms with E-state index in [0.29, 0.717) is 12.5 Å². The molecule has 3 aliphatic rings. The first-order valence-corrected chi connectivity index (χ1v) is 10.7. The minimum atomic E-state index is 0.0388. The average molecular weight is 377 g/mol. The SMILES string of the molecule is CCOc1ccc2c(c1)[C@@H]1CC(c3ccccc3)=NN1[C@H](C1CCCCC1)O2. The Kier molecular flexibility index (Phi) is 4.71. The molecule has 0 saturated heterocycles. The van der Waals surface area contributed by atoms with Crippen LogP contribution in [-0.4, -0.2) is 23.6 Å². The van der Waals surface area contributed by atoms with Gasteiger partial charge in [-0.3, -0.25) is 0 Å². The van der Waals surface area contributed by atoms with E-state index in [9.17, 15) is 0 Å². The van der Waals surface area contributed by atoms with Crippen LogP contribution in [0.5, 0.6) is 11.5 Å². The molecule has 0 spiro atoms. The molecule has 28 heavy (non-hydrogen) atoms. The van der Waals surface area contributed by atoms with Crippen LogP contribution in [0.4, 0.5) is 0 Å². The third-order valence-electron chi connectivity index (χ3n) is 6.26. The van der Waals surface area contributed by atoms with Gasteiger partial charge in [0.15, 0.2) is 6.23 Å². The standard InChI is InChI=1S/C24H28N2O2/c1-2-27-19-13-14-23-20(15-19)22-16-21(17-9-5-3-6-10-17)25-26(22)24(28-23)18-11-7-4-8-12-18/h3,5-6,9-10,13-15,18,22,24H,2,4,7-8,11-12,16H2,1H3/t22-,24-/m0/s1. The summed E-state index contributed by atoms with van der Waals surface area (Å²) < 4.78 is 12.3. The highest BCUT2D eigenvalue weighted by Gasteiger charge is 2.43. The van der Waals surface area contributed by atoms with E-state index < -0.39 is 0 Å². The molecule has 2 aromatic rings. The molecular weight excluding hydrogens is 348 g/mol. The summed E-state index contributed by atoms with van der Waals surface area (Å²) >= 11 is 0. The molecule has 1 aliphatic carbocycles. The van der Waals surface area contributed by atoms with E-state index in [-0.39, 0.29) is 12.3 Å². The summed E-state index contributed by atoms with van der Waals surface area (Å²) in [6.45, 7) is 2.69. The topological polar surface area (TPSA) is 34.1 Å². The molecule has 146 valence electrons. The minimum absolute atomic E-state index is 0.0388. The van der Waals surface area contributed by atoms with E-state index in [1.54, 1.807) is 0 Å². The van der Waals surface area contributed by atoms with Crippen molar-refractivity contribution < 1.29 is 9.47 Å². The normalized spacial score (nSPS) is 24.2. The zero-order valence-electron chi connectivity index (χ0n) is 16.5. The van der Waals surface area contributed by atoms with Gasteiger partial charge in [0.2, 0.25) is 0 Å². The highest BCUT2D eigenvalue weighted by atomic mass is 16.5. The van der Waals surface area contributed by atoms with Gasteiger partial charge >= 0.3 is 0 Å². The lowest BCUT2D eigenvalue weighted by atomic mass is 9.86. The summed E-state index contributed by atoms with van der Waals surface area (Å²) in [6, 6.07) is 17.1. The second-order valence-electron chi connectivity index (χ2n) is 8.05. The Balaban J connectivity index is 1.52. The zero-order chi connectivity index (χ0) is 18.9. The first-order chi connectivity index (χ1) is 13.8. The lowest BCUT2D eigenvalue weighted by Gasteiger charge is -2.42. The van der Waals surface area contributed by atoms with Gasteiger partial charge in [0.05, 0.1) is 18.4 Å². The molecule has 2 heterocycles. The molecule has 4 nitrogen and oxygen atoms in total. The van der Waals surface area contributed by atoms with Crippen molar-refractivity contribution in [2.75, 3.05) is 6.61 Å². The van der Waals surface area contributed by atoms with Crippen LogP contribution in [-0.2, 0) is 0 Å². The third-order valence-corrected chi connectivity index (χ3v) is 6.26. The van der Waals surface area contributed by atoms with Crippen molar-refractivity contribution >= 4 is 5.71 Å². The van der Waals surface area contributed by atoms with Gasteiger partial charge in [-0.15, -0.1) is 0 Å². The number of rotatable bonds is 4. The van der Waals surface area contributed by atoms with Crippen molar-refractivity contribution in [3.05, 3.63) is 59.7 Å². The largest absolute Gasteiger partial charge is 0.494 e. The van der Waals surface area contributed by atoms with E-state index >= 15 is 0 Å². The maximum Gasteiger partial charge on any atom is 0.190 e. The molecule has 5 rings (SSSR count). The number of hydrazone groups is 1. The summed E-state index contributed by atoms with van der Waals surface area (Å²) in [7, 11) is 0. The van der Waals surface area contributed by atoms with E-state index in [4.69, 9.17) is 14.6 Å². The summed E-state index contributed by atoms with van der Waals surface area (Å²) in [5.74, 6) is 2.47. The van der Waals surface area contributed by atoms with Crippen LogP contribution >= 0.6 is 0 Å². The quantitative estimate of drug-likeness (QED) is 0.703. The Bertz CT molecular complexity index is 858. The minimum Gasteiger partial charge on any atom is -0.494 e. The lowest BCUT2D eigenvalue weighted by molar-refractivity contribution is -0.0644. The van der Waals surface area contributed by atoms with Crippen molar-refractivity contribution in [2.24, 2.45) is 11.0 Å². The van der Waals surface area contributed by atoms with Crippen LogP contribution in [0.1, 0.15) is 62.6 Å². The van der Waals surface area contributed by atoms with Crippen molar-refractivity contribution in [1.82, 2.24) is 5.01 Å². The second-order valence-corrected chi connectivity index (χ2v) is 8.05. The van der Waals surface area contributed by atoms with Crippen molar-refractivity contribution in [1.29, 1.82) is 0 Å². The molecule has 0 unspecified atom stereocenters. The number of nitrogens with zero attached hydrogens (tertiary/aromatic N) is 2. The maximum absolute atomic E-state index is 6.57. The molecule has 0 aromatic heterocycles. The van der Waals surface area contributed by atoms with Crippen molar-refractivity contribution in [2.45, 2.75) is 57.7 Å². The van der Waals surface area contributed by atoms with Gasteiger partial charge in [-0.05, 0) is 43.5 Å². The van der Waals surface area contributed by atoms with Gasteiger partial charge in [0.25, 0.3) is 0 Å². The van der Waals surface area contributed by atoms with Gasteiger partial charge in [0, 0.05) is 17.9 Å². The predicted molar refractivity (Wildman–Crippen MR) is 111 cm³/mol. The van der Waals surface area contributed by atoms with Crippen LogP contribution < -0.4 is 9.47 Å². The first kappa shape index (κ1) is 17.6.